The van der Waals surface area contributed by atoms with Gasteiger partial charge in [0.25, 0.3) is 5.78 Å². The third kappa shape index (κ3) is 5.11. The Bertz CT molecular complexity index is 1340. The summed E-state index contributed by atoms with van der Waals surface area (Å²) in [5.41, 5.74) is 2.89. The zero-order valence-corrected chi connectivity index (χ0v) is 18.1. The summed E-state index contributed by atoms with van der Waals surface area (Å²) in [5, 5.41) is 0.494. The number of Topliss-reactive ketones (excluding diaryl/α,β-unsaturated/α-hetero) is 1. The van der Waals surface area contributed by atoms with Crippen LogP contribution < -0.4 is 4.74 Å². The molecule has 8 heteroatoms. The summed E-state index contributed by atoms with van der Waals surface area (Å²) in [6.45, 7) is 2.13. The summed E-state index contributed by atoms with van der Waals surface area (Å²) in [5.74, 6) is -2.10. The van der Waals surface area contributed by atoms with E-state index in [0.717, 1.165) is 5.56 Å². The highest BCUT2D eigenvalue weighted by molar-refractivity contribution is 6.43. The standard InChI is InChI=1S/C26H20F3NO4/c1-2-33-25(32)24(31)22-16-30(15-17-7-4-3-5-8-17)23-12-11-19(14-21(22)23)18-9-6-10-20(13-18)34-26(27,28)29/h3-14,16H,2,15H2,1H3. The SMILES string of the molecule is CCOC(=O)C(=O)c1cn(Cc2ccccc2)c2ccc(-c3cccc(OC(F)(F)F)c3)cc12. The van der Waals surface area contributed by atoms with E-state index in [1.54, 1.807) is 37.4 Å². The average Bonchev–Trinajstić information content (AvgIpc) is 3.16. The topological polar surface area (TPSA) is 57.5 Å². The van der Waals surface area contributed by atoms with Crippen LogP contribution in [0.2, 0.25) is 0 Å². The second kappa shape index (κ2) is 9.43. The first-order chi connectivity index (χ1) is 16.2. The van der Waals surface area contributed by atoms with Crippen LogP contribution in [-0.2, 0) is 16.1 Å². The Labute approximate surface area is 193 Å². The number of hydrogen-bond donors (Lipinski definition) is 0. The maximum atomic E-state index is 12.8. The van der Waals surface area contributed by atoms with Gasteiger partial charge in [0.15, 0.2) is 0 Å². The van der Waals surface area contributed by atoms with Crippen molar-refractivity contribution in [2.75, 3.05) is 6.61 Å². The van der Waals surface area contributed by atoms with E-state index in [9.17, 15) is 22.8 Å². The number of ketones is 1. The van der Waals surface area contributed by atoms with E-state index in [1.807, 2.05) is 34.9 Å². The molecule has 3 aromatic carbocycles. The number of fused-ring (bicyclic) bond motifs is 1. The first kappa shape index (κ1) is 23.1. The predicted molar refractivity (Wildman–Crippen MR) is 121 cm³/mol. The second-order valence-corrected chi connectivity index (χ2v) is 7.51. The van der Waals surface area contributed by atoms with Gasteiger partial charge in [-0.1, -0.05) is 48.5 Å². The number of carbonyl (C=O) groups is 2. The van der Waals surface area contributed by atoms with Crippen molar-refractivity contribution in [3.8, 4) is 16.9 Å². The van der Waals surface area contributed by atoms with E-state index >= 15 is 0 Å². The van der Waals surface area contributed by atoms with Gasteiger partial charge in [-0.15, -0.1) is 13.2 Å². The molecule has 0 atom stereocenters. The van der Waals surface area contributed by atoms with E-state index in [-0.39, 0.29) is 17.9 Å². The quantitative estimate of drug-likeness (QED) is 0.190. The van der Waals surface area contributed by atoms with Crippen molar-refractivity contribution in [2.45, 2.75) is 19.8 Å². The van der Waals surface area contributed by atoms with Gasteiger partial charge < -0.3 is 14.0 Å². The van der Waals surface area contributed by atoms with Crippen LogP contribution in [0.4, 0.5) is 13.2 Å². The van der Waals surface area contributed by atoms with Gasteiger partial charge in [-0.3, -0.25) is 4.79 Å². The molecule has 0 fully saturated rings. The lowest BCUT2D eigenvalue weighted by atomic mass is 10.0. The molecular formula is C26H20F3NO4. The van der Waals surface area contributed by atoms with E-state index < -0.39 is 18.1 Å². The van der Waals surface area contributed by atoms with E-state index in [0.29, 0.717) is 28.6 Å². The maximum Gasteiger partial charge on any atom is 0.573 e. The Morgan fingerprint density at radius 2 is 1.65 bits per heavy atom. The Kier molecular flexibility index (Phi) is 6.40. The van der Waals surface area contributed by atoms with Gasteiger partial charge >= 0.3 is 12.3 Å². The minimum Gasteiger partial charge on any atom is -0.460 e. The Morgan fingerprint density at radius 1 is 0.912 bits per heavy atom. The summed E-state index contributed by atoms with van der Waals surface area (Å²) < 4.78 is 48.7. The van der Waals surface area contributed by atoms with Gasteiger partial charge in [-0.05, 0) is 47.9 Å². The number of nitrogens with zero attached hydrogens (tertiary/aromatic N) is 1. The highest BCUT2D eigenvalue weighted by Crippen LogP contribution is 2.32. The second-order valence-electron chi connectivity index (χ2n) is 7.51. The molecule has 174 valence electrons. The van der Waals surface area contributed by atoms with Crippen molar-refractivity contribution in [3.63, 3.8) is 0 Å². The Morgan fingerprint density at radius 3 is 2.35 bits per heavy atom. The van der Waals surface area contributed by atoms with Crippen LogP contribution in [0.25, 0.3) is 22.0 Å². The molecule has 34 heavy (non-hydrogen) atoms. The molecule has 0 unspecified atom stereocenters. The van der Waals surface area contributed by atoms with Gasteiger partial charge in [0.05, 0.1) is 12.2 Å². The van der Waals surface area contributed by atoms with Crippen LogP contribution in [0.5, 0.6) is 5.75 Å². The van der Waals surface area contributed by atoms with Gasteiger partial charge in [-0.2, -0.15) is 0 Å². The summed E-state index contributed by atoms with van der Waals surface area (Å²) in [4.78, 5) is 25.0. The fraction of sp³-hybridized carbons (Fsp3) is 0.154. The molecule has 0 N–H and O–H groups in total. The van der Waals surface area contributed by atoms with Gasteiger partial charge in [0.1, 0.15) is 5.75 Å². The van der Waals surface area contributed by atoms with Crippen LogP contribution in [0.1, 0.15) is 22.8 Å². The van der Waals surface area contributed by atoms with Crippen molar-refractivity contribution in [3.05, 3.63) is 90.1 Å². The van der Waals surface area contributed by atoms with Crippen molar-refractivity contribution in [1.82, 2.24) is 4.57 Å². The molecule has 1 heterocycles. The summed E-state index contributed by atoms with van der Waals surface area (Å²) in [6, 6.07) is 20.3. The number of rotatable bonds is 7. The fourth-order valence-electron chi connectivity index (χ4n) is 3.75. The minimum atomic E-state index is -4.81. The van der Waals surface area contributed by atoms with Crippen molar-refractivity contribution < 1.29 is 32.2 Å². The molecule has 0 aliphatic carbocycles. The molecule has 0 aliphatic rings. The molecule has 0 saturated heterocycles. The van der Waals surface area contributed by atoms with E-state index in [1.165, 1.54) is 18.2 Å². The third-order valence-corrected chi connectivity index (χ3v) is 5.18. The van der Waals surface area contributed by atoms with E-state index in [4.69, 9.17) is 4.74 Å². The van der Waals surface area contributed by atoms with Crippen LogP contribution in [0, 0.1) is 0 Å². The molecule has 4 rings (SSSR count). The smallest absolute Gasteiger partial charge is 0.460 e. The van der Waals surface area contributed by atoms with Crippen LogP contribution in [0.3, 0.4) is 0 Å². The van der Waals surface area contributed by atoms with Gasteiger partial charge in [0.2, 0.25) is 0 Å². The maximum absolute atomic E-state index is 12.8. The first-order valence-electron chi connectivity index (χ1n) is 10.5. The lowest BCUT2D eigenvalue weighted by Crippen LogP contribution is -2.17. The largest absolute Gasteiger partial charge is 0.573 e. The van der Waals surface area contributed by atoms with Crippen LogP contribution in [-0.4, -0.2) is 29.3 Å². The lowest BCUT2D eigenvalue weighted by molar-refractivity contribution is -0.274. The molecule has 0 spiro atoms. The summed E-state index contributed by atoms with van der Waals surface area (Å²) >= 11 is 0. The third-order valence-electron chi connectivity index (χ3n) is 5.18. The lowest BCUT2D eigenvalue weighted by Gasteiger charge is -2.11. The van der Waals surface area contributed by atoms with Gasteiger partial charge in [0, 0.05) is 23.6 Å². The number of aromatic nitrogens is 1. The fourth-order valence-corrected chi connectivity index (χ4v) is 3.75. The Hall–Kier alpha value is -4.07. The molecule has 1 aromatic heterocycles. The van der Waals surface area contributed by atoms with E-state index in [2.05, 4.69) is 4.74 Å². The number of benzene rings is 3. The van der Waals surface area contributed by atoms with Crippen LogP contribution in [0.15, 0.2) is 79.0 Å². The number of alkyl halides is 3. The van der Waals surface area contributed by atoms with Crippen LogP contribution >= 0.6 is 0 Å². The average molecular weight is 467 g/mol. The number of halogens is 3. The monoisotopic (exact) mass is 467 g/mol. The number of carbonyl (C=O) groups excluding carboxylic acids is 2. The number of esters is 1. The summed E-state index contributed by atoms with van der Waals surface area (Å²) in [6.07, 6.45) is -3.21. The number of ether oxygens (including phenoxy) is 2. The molecule has 0 saturated carbocycles. The normalized spacial score (nSPS) is 11.4. The van der Waals surface area contributed by atoms with Crippen molar-refractivity contribution in [2.24, 2.45) is 0 Å². The molecule has 0 radical (unpaired) electrons. The Balaban J connectivity index is 1.80. The first-order valence-corrected chi connectivity index (χ1v) is 10.5. The highest BCUT2D eigenvalue weighted by Gasteiger charge is 2.31. The molecular weight excluding hydrogens is 447 g/mol. The zero-order valence-electron chi connectivity index (χ0n) is 18.1. The molecule has 0 amide bonds. The molecule has 0 bridgehead atoms. The highest BCUT2D eigenvalue weighted by atomic mass is 19.4. The molecule has 4 aromatic rings. The predicted octanol–water partition coefficient (Wildman–Crippen LogP) is 6.00. The summed E-state index contributed by atoms with van der Waals surface area (Å²) in [7, 11) is 0. The van der Waals surface area contributed by atoms with Crippen molar-refractivity contribution in [1.29, 1.82) is 0 Å². The number of hydrogen-bond acceptors (Lipinski definition) is 4. The minimum absolute atomic E-state index is 0.0600. The van der Waals surface area contributed by atoms with Gasteiger partial charge in [-0.25, -0.2) is 4.79 Å². The zero-order chi connectivity index (χ0) is 24.3. The van der Waals surface area contributed by atoms with Crippen molar-refractivity contribution >= 4 is 22.7 Å². The molecule has 0 aliphatic heterocycles. The molecule has 5 nitrogen and oxygen atoms in total.